The zero-order chi connectivity index (χ0) is 13.8. The Morgan fingerprint density at radius 2 is 0.944 bits per heavy atom. The third-order valence-electron chi connectivity index (χ3n) is 2.44. The van der Waals surface area contributed by atoms with Crippen LogP contribution in [0.25, 0.3) is 0 Å². The molecule has 0 atom stereocenters. The van der Waals surface area contributed by atoms with E-state index in [4.69, 9.17) is 23.2 Å². The minimum absolute atomic E-state index is 0.539. The van der Waals surface area contributed by atoms with Crippen LogP contribution < -0.4 is 0 Å². The number of carbonyl (C=O) groups is 2. The first kappa shape index (κ1) is 12.5. The lowest BCUT2D eigenvalue weighted by atomic mass is 9.90. The number of aliphatic hydroxyl groups is 2. The molecule has 0 radical (unpaired) electrons. The molecule has 1 aromatic carbocycles. The summed E-state index contributed by atoms with van der Waals surface area (Å²) in [5, 5.41) is 36.6. The number of carbonyl (C=O) groups excluding carboxylic acids is 2. The highest BCUT2D eigenvalue weighted by Crippen LogP contribution is 2.46. The topological polar surface area (TPSA) is 115 Å². The Kier molecular flexibility index (Phi) is 2.64. The fourth-order valence-corrected chi connectivity index (χ4v) is 1.93. The minimum atomic E-state index is -1.24. The number of fused-ring (bicyclic) bond motifs is 1. The molecule has 0 aliphatic heterocycles. The first-order chi connectivity index (χ1) is 8.29. The van der Waals surface area contributed by atoms with Crippen molar-refractivity contribution in [2.24, 2.45) is 0 Å². The van der Waals surface area contributed by atoms with Gasteiger partial charge in [-0.25, -0.2) is 0 Å². The van der Waals surface area contributed by atoms with Gasteiger partial charge in [0.15, 0.2) is 0 Å². The minimum Gasteiger partial charge on any atom is -0.506 e. The summed E-state index contributed by atoms with van der Waals surface area (Å²) in [7, 11) is 0. The van der Waals surface area contributed by atoms with Crippen LogP contribution in [-0.4, -0.2) is 32.0 Å². The fraction of sp³-hybridized carbons (Fsp3) is 0. The quantitative estimate of drug-likeness (QED) is 0.544. The van der Waals surface area contributed by atoms with E-state index in [0.717, 1.165) is 0 Å². The Morgan fingerprint density at radius 3 is 1.22 bits per heavy atom. The van der Waals surface area contributed by atoms with Crippen LogP contribution in [0.4, 0.5) is 0 Å². The van der Waals surface area contributed by atoms with Gasteiger partial charge in [-0.05, 0) is 0 Å². The van der Waals surface area contributed by atoms with Crippen LogP contribution in [0.15, 0.2) is 11.5 Å². The van der Waals surface area contributed by atoms with Crippen LogP contribution in [0.2, 0.25) is 10.0 Å². The largest absolute Gasteiger partial charge is 0.506 e. The maximum Gasteiger partial charge on any atom is 0.236 e. The number of phenolic OH excluding ortho intramolecular Hbond substituents is 2. The maximum absolute atomic E-state index is 11.6. The molecule has 0 spiro atoms. The molecule has 94 valence electrons. The van der Waals surface area contributed by atoms with E-state index in [2.05, 4.69) is 0 Å². The van der Waals surface area contributed by atoms with E-state index in [1.54, 1.807) is 0 Å². The zero-order valence-corrected chi connectivity index (χ0v) is 9.87. The van der Waals surface area contributed by atoms with Gasteiger partial charge in [0.2, 0.25) is 23.1 Å². The molecule has 4 N–H and O–H groups in total. The van der Waals surface area contributed by atoms with Crippen molar-refractivity contribution in [2.75, 3.05) is 0 Å². The van der Waals surface area contributed by atoms with Crippen LogP contribution in [0, 0.1) is 0 Å². The molecule has 0 saturated carbocycles. The molecule has 1 aliphatic rings. The normalized spacial score (nSPS) is 15.0. The second-order valence-electron chi connectivity index (χ2n) is 3.43. The van der Waals surface area contributed by atoms with Gasteiger partial charge in [0.05, 0.1) is 11.1 Å². The molecule has 8 heteroatoms. The molecule has 18 heavy (non-hydrogen) atoms. The first-order valence-electron chi connectivity index (χ1n) is 4.43. The van der Waals surface area contributed by atoms with E-state index < -0.39 is 55.8 Å². The number of hydrogen-bond acceptors (Lipinski definition) is 6. The van der Waals surface area contributed by atoms with Gasteiger partial charge in [-0.15, -0.1) is 0 Å². The Hall–Kier alpha value is -1.92. The third kappa shape index (κ3) is 1.36. The maximum atomic E-state index is 11.6. The molecular weight excluding hydrogens is 287 g/mol. The van der Waals surface area contributed by atoms with Gasteiger partial charge >= 0.3 is 0 Å². The number of rotatable bonds is 0. The third-order valence-corrected chi connectivity index (χ3v) is 3.27. The molecular formula is C10H4Cl2O6. The molecule has 0 saturated heterocycles. The summed E-state index contributed by atoms with van der Waals surface area (Å²) in [6.45, 7) is 0. The summed E-state index contributed by atoms with van der Waals surface area (Å²) in [6.07, 6.45) is 0. The summed E-state index contributed by atoms with van der Waals surface area (Å²) >= 11 is 11.1. The zero-order valence-electron chi connectivity index (χ0n) is 8.36. The van der Waals surface area contributed by atoms with E-state index in [-0.39, 0.29) is 0 Å². The fourth-order valence-electron chi connectivity index (χ4n) is 1.56. The molecule has 0 fully saturated rings. The van der Waals surface area contributed by atoms with Gasteiger partial charge < -0.3 is 20.4 Å². The smallest absolute Gasteiger partial charge is 0.236 e. The first-order valence-corrected chi connectivity index (χ1v) is 5.19. The van der Waals surface area contributed by atoms with Crippen molar-refractivity contribution < 1.29 is 30.0 Å². The van der Waals surface area contributed by atoms with Crippen molar-refractivity contribution in [2.45, 2.75) is 0 Å². The number of Topliss-reactive ketones (excluding diaryl/α,β-unsaturated/α-hetero) is 2. The van der Waals surface area contributed by atoms with E-state index in [9.17, 15) is 30.0 Å². The lowest BCUT2D eigenvalue weighted by molar-refractivity contribution is 0.0875. The van der Waals surface area contributed by atoms with Crippen LogP contribution in [0.5, 0.6) is 11.5 Å². The molecule has 2 rings (SSSR count). The number of halogens is 2. The number of allylic oxidation sites excluding steroid dienone is 2. The lowest BCUT2D eigenvalue weighted by Gasteiger charge is -2.18. The molecule has 0 aromatic heterocycles. The predicted molar refractivity (Wildman–Crippen MR) is 60.7 cm³/mol. The van der Waals surface area contributed by atoms with Gasteiger partial charge in [0, 0.05) is 0 Å². The molecule has 0 heterocycles. The molecule has 0 unspecified atom stereocenters. The van der Waals surface area contributed by atoms with E-state index in [1.165, 1.54) is 0 Å². The summed E-state index contributed by atoms with van der Waals surface area (Å²) in [4.78, 5) is 23.2. The average molecular weight is 291 g/mol. The number of hydrogen-bond donors (Lipinski definition) is 4. The molecule has 0 bridgehead atoms. The summed E-state index contributed by atoms with van der Waals surface area (Å²) in [5.74, 6) is -6.66. The van der Waals surface area contributed by atoms with Crippen LogP contribution in [0.1, 0.15) is 20.7 Å². The lowest BCUT2D eigenvalue weighted by Crippen LogP contribution is -2.22. The van der Waals surface area contributed by atoms with Crippen molar-refractivity contribution in [3.05, 3.63) is 32.7 Å². The van der Waals surface area contributed by atoms with E-state index in [0.29, 0.717) is 0 Å². The average Bonchev–Trinajstić information content (AvgIpc) is 2.35. The Morgan fingerprint density at radius 1 is 0.667 bits per heavy atom. The molecule has 6 nitrogen and oxygen atoms in total. The van der Waals surface area contributed by atoms with Gasteiger partial charge in [0.25, 0.3) is 0 Å². The highest BCUT2D eigenvalue weighted by atomic mass is 35.5. The van der Waals surface area contributed by atoms with Crippen molar-refractivity contribution in [1.29, 1.82) is 0 Å². The van der Waals surface area contributed by atoms with E-state index >= 15 is 0 Å². The predicted octanol–water partition coefficient (Wildman–Crippen LogP) is 2.11. The number of phenols is 2. The SMILES string of the molecule is O=C1C(O)=C(O)C(=O)c2c(O)c(Cl)c(Cl)c(O)c21. The number of aromatic hydroxyl groups is 2. The number of aliphatic hydroxyl groups excluding tert-OH is 2. The van der Waals surface area contributed by atoms with Crippen molar-refractivity contribution in [3.63, 3.8) is 0 Å². The van der Waals surface area contributed by atoms with Crippen molar-refractivity contribution in [1.82, 2.24) is 0 Å². The summed E-state index contributed by atoms with van der Waals surface area (Å²) in [5.41, 5.74) is -1.41. The van der Waals surface area contributed by atoms with Gasteiger partial charge in [-0.3, -0.25) is 9.59 Å². The summed E-state index contributed by atoms with van der Waals surface area (Å²) in [6, 6.07) is 0. The second-order valence-corrected chi connectivity index (χ2v) is 4.19. The molecule has 0 amide bonds. The number of ketones is 2. The Labute approximate surface area is 109 Å². The van der Waals surface area contributed by atoms with Gasteiger partial charge in [0.1, 0.15) is 21.5 Å². The Balaban J connectivity index is 2.96. The van der Waals surface area contributed by atoms with Crippen molar-refractivity contribution >= 4 is 34.8 Å². The highest BCUT2D eigenvalue weighted by Gasteiger charge is 2.39. The second kappa shape index (κ2) is 3.79. The Bertz CT molecular complexity index is 592. The monoisotopic (exact) mass is 290 g/mol. The van der Waals surface area contributed by atoms with Crippen LogP contribution in [-0.2, 0) is 0 Å². The van der Waals surface area contributed by atoms with Crippen LogP contribution >= 0.6 is 23.2 Å². The van der Waals surface area contributed by atoms with Gasteiger partial charge in [-0.2, -0.15) is 0 Å². The van der Waals surface area contributed by atoms with Crippen molar-refractivity contribution in [3.8, 4) is 11.5 Å². The van der Waals surface area contributed by atoms with E-state index in [1.807, 2.05) is 0 Å². The molecule has 1 aromatic rings. The molecule has 1 aliphatic carbocycles. The van der Waals surface area contributed by atoms with Gasteiger partial charge in [-0.1, -0.05) is 23.2 Å². The highest BCUT2D eigenvalue weighted by molar-refractivity contribution is 6.45. The number of benzene rings is 1. The van der Waals surface area contributed by atoms with Crippen LogP contribution in [0.3, 0.4) is 0 Å². The standard InChI is InChI=1S/C10H4Cl2O6/c11-3-4(12)6(14)2-1(5(3)13)7(15)9(17)10(18)8(2)16/h13-14,17-18H. The summed E-state index contributed by atoms with van der Waals surface area (Å²) < 4.78 is 0.